The van der Waals surface area contributed by atoms with Crippen molar-refractivity contribution >= 4 is 18.5 Å². The summed E-state index contributed by atoms with van der Waals surface area (Å²) < 4.78 is 19.4. The summed E-state index contributed by atoms with van der Waals surface area (Å²) in [4.78, 5) is 14.2. The second-order valence-corrected chi connectivity index (χ2v) is 5.19. The first-order chi connectivity index (χ1) is 10.1. The van der Waals surface area contributed by atoms with Crippen LogP contribution < -0.4 is 5.46 Å². The number of halogens is 1. The molecule has 1 saturated heterocycles. The van der Waals surface area contributed by atoms with E-state index < -0.39 is 18.8 Å². The van der Waals surface area contributed by atoms with E-state index in [0.29, 0.717) is 13.2 Å². The molecular weight excluding hydrogens is 276 g/mol. The van der Waals surface area contributed by atoms with E-state index in [1.165, 1.54) is 18.2 Å². The minimum atomic E-state index is -1.94. The van der Waals surface area contributed by atoms with Gasteiger partial charge in [0.25, 0.3) is 5.91 Å². The van der Waals surface area contributed by atoms with Crippen LogP contribution in [0.1, 0.15) is 29.6 Å². The third-order valence-corrected chi connectivity index (χ3v) is 3.78. The molecule has 7 heteroatoms. The first kappa shape index (κ1) is 15.9. The number of rotatable bonds is 4. The highest BCUT2D eigenvalue weighted by Crippen LogP contribution is 2.20. The number of carbonyl (C=O) groups excluding carboxylic acids is 1. The summed E-state index contributed by atoms with van der Waals surface area (Å²) >= 11 is 0. The second-order valence-electron chi connectivity index (χ2n) is 5.19. The Morgan fingerprint density at radius 3 is 2.90 bits per heavy atom. The highest BCUT2D eigenvalue weighted by atomic mass is 19.1. The normalized spacial score (nSPS) is 18.7. The van der Waals surface area contributed by atoms with Crippen molar-refractivity contribution in [2.24, 2.45) is 0 Å². The number of piperidine rings is 1. The summed E-state index contributed by atoms with van der Waals surface area (Å²) in [5, 5.41) is 18.3. The SMILES string of the molecule is COCC1CCCCN1C(=O)c1cccc(B(O)O)c1F. The lowest BCUT2D eigenvalue weighted by atomic mass is 9.79. The summed E-state index contributed by atoms with van der Waals surface area (Å²) in [5.74, 6) is -1.31. The molecule has 0 spiro atoms. The van der Waals surface area contributed by atoms with Crippen molar-refractivity contribution < 1.29 is 24.0 Å². The van der Waals surface area contributed by atoms with Gasteiger partial charge in [0, 0.05) is 19.1 Å². The molecule has 1 aliphatic rings. The zero-order valence-electron chi connectivity index (χ0n) is 12.0. The lowest BCUT2D eigenvalue weighted by Crippen LogP contribution is -2.47. The quantitative estimate of drug-likeness (QED) is 0.776. The van der Waals surface area contributed by atoms with Gasteiger partial charge < -0.3 is 19.7 Å². The van der Waals surface area contributed by atoms with Crippen molar-refractivity contribution in [2.75, 3.05) is 20.3 Å². The average molecular weight is 295 g/mol. The van der Waals surface area contributed by atoms with Crippen molar-refractivity contribution in [3.63, 3.8) is 0 Å². The fourth-order valence-corrected chi connectivity index (χ4v) is 2.70. The van der Waals surface area contributed by atoms with E-state index in [-0.39, 0.29) is 17.1 Å². The summed E-state index contributed by atoms with van der Waals surface area (Å²) in [6, 6.07) is 3.99. The van der Waals surface area contributed by atoms with Crippen LogP contribution in [0.4, 0.5) is 4.39 Å². The van der Waals surface area contributed by atoms with Gasteiger partial charge in [-0.1, -0.05) is 12.1 Å². The molecule has 0 bridgehead atoms. The van der Waals surface area contributed by atoms with Crippen molar-refractivity contribution in [3.8, 4) is 0 Å². The molecule has 1 fully saturated rings. The molecule has 1 unspecified atom stereocenters. The summed E-state index contributed by atoms with van der Waals surface area (Å²) in [6.45, 7) is 0.966. The fourth-order valence-electron chi connectivity index (χ4n) is 2.70. The van der Waals surface area contributed by atoms with Crippen LogP contribution in [0, 0.1) is 5.82 Å². The molecule has 1 atom stereocenters. The van der Waals surface area contributed by atoms with E-state index in [2.05, 4.69) is 0 Å². The number of ether oxygens (including phenoxy) is 1. The zero-order chi connectivity index (χ0) is 15.4. The van der Waals surface area contributed by atoms with E-state index in [4.69, 9.17) is 14.8 Å². The van der Waals surface area contributed by atoms with Crippen LogP contribution >= 0.6 is 0 Å². The van der Waals surface area contributed by atoms with Gasteiger partial charge in [-0.3, -0.25) is 4.79 Å². The van der Waals surface area contributed by atoms with Gasteiger partial charge in [-0.25, -0.2) is 4.39 Å². The molecule has 1 aliphatic heterocycles. The summed E-state index contributed by atoms with van der Waals surface area (Å²) in [7, 11) is -0.366. The van der Waals surface area contributed by atoms with Crippen LogP contribution in [0.3, 0.4) is 0 Å². The highest BCUT2D eigenvalue weighted by Gasteiger charge is 2.30. The van der Waals surface area contributed by atoms with Crippen LogP contribution in [0.5, 0.6) is 0 Å². The minimum Gasteiger partial charge on any atom is -0.423 e. The zero-order valence-corrected chi connectivity index (χ0v) is 12.0. The van der Waals surface area contributed by atoms with Crippen molar-refractivity contribution in [1.29, 1.82) is 0 Å². The lowest BCUT2D eigenvalue weighted by molar-refractivity contribution is 0.0424. The Balaban J connectivity index is 2.28. The number of hydrogen-bond acceptors (Lipinski definition) is 4. The second kappa shape index (κ2) is 7.02. The Labute approximate surface area is 123 Å². The maximum Gasteiger partial charge on any atom is 0.491 e. The van der Waals surface area contributed by atoms with Crippen LogP contribution in [0.15, 0.2) is 18.2 Å². The summed E-state index contributed by atoms with van der Waals surface area (Å²) in [5.41, 5.74) is -0.426. The van der Waals surface area contributed by atoms with E-state index >= 15 is 0 Å². The Kier molecular flexibility index (Phi) is 5.33. The molecule has 1 heterocycles. The molecule has 0 aromatic heterocycles. The van der Waals surface area contributed by atoms with Crippen LogP contribution in [0.25, 0.3) is 0 Å². The molecule has 2 N–H and O–H groups in total. The van der Waals surface area contributed by atoms with Crippen molar-refractivity contribution in [1.82, 2.24) is 4.90 Å². The van der Waals surface area contributed by atoms with E-state index in [1.807, 2.05) is 0 Å². The monoisotopic (exact) mass is 295 g/mol. The number of hydrogen-bond donors (Lipinski definition) is 2. The van der Waals surface area contributed by atoms with E-state index in [0.717, 1.165) is 19.3 Å². The van der Waals surface area contributed by atoms with Gasteiger partial charge >= 0.3 is 7.12 Å². The standard InChI is InChI=1S/C14H19BFNO4/c1-21-9-10-5-2-3-8-17(10)14(18)11-6-4-7-12(13(11)16)15(19)20/h4,6-7,10,19-20H,2-3,5,8-9H2,1H3. The first-order valence-corrected chi connectivity index (χ1v) is 7.00. The molecule has 1 aromatic carbocycles. The predicted molar refractivity (Wildman–Crippen MR) is 76.8 cm³/mol. The molecule has 1 amide bonds. The molecule has 2 rings (SSSR count). The van der Waals surface area contributed by atoms with E-state index in [1.54, 1.807) is 12.0 Å². The molecule has 0 radical (unpaired) electrons. The summed E-state index contributed by atoms with van der Waals surface area (Å²) in [6.07, 6.45) is 2.70. The van der Waals surface area contributed by atoms with Crippen LogP contribution in [0.2, 0.25) is 0 Å². The predicted octanol–water partition coefficient (Wildman–Crippen LogP) is 0.147. The molecule has 114 valence electrons. The smallest absolute Gasteiger partial charge is 0.423 e. The largest absolute Gasteiger partial charge is 0.491 e. The maximum atomic E-state index is 14.2. The maximum absolute atomic E-state index is 14.2. The average Bonchev–Trinajstić information content (AvgIpc) is 2.47. The van der Waals surface area contributed by atoms with Crippen molar-refractivity contribution in [2.45, 2.75) is 25.3 Å². The Hall–Kier alpha value is -1.44. The van der Waals surface area contributed by atoms with Gasteiger partial charge in [-0.05, 0) is 25.3 Å². The Morgan fingerprint density at radius 1 is 1.48 bits per heavy atom. The minimum absolute atomic E-state index is 0.0710. The third kappa shape index (κ3) is 3.43. The Morgan fingerprint density at radius 2 is 2.24 bits per heavy atom. The van der Waals surface area contributed by atoms with Gasteiger partial charge in [-0.2, -0.15) is 0 Å². The molecular formula is C14H19BFNO4. The molecule has 5 nitrogen and oxygen atoms in total. The van der Waals surface area contributed by atoms with Crippen LogP contribution in [-0.2, 0) is 4.74 Å². The number of likely N-dealkylation sites (tertiary alicyclic amines) is 1. The number of methoxy groups -OCH3 is 1. The molecule has 21 heavy (non-hydrogen) atoms. The van der Waals surface area contributed by atoms with Crippen LogP contribution in [-0.4, -0.2) is 54.3 Å². The number of carbonyl (C=O) groups is 1. The highest BCUT2D eigenvalue weighted by molar-refractivity contribution is 6.58. The molecule has 0 saturated carbocycles. The first-order valence-electron chi connectivity index (χ1n) is 7.00. The van der Waals surface area contributed by atoms with Gasteiger partial charge in [0.15, 0.2) is 0 Å². The van der Waals surface area contributed by atoms with E-state index in [9.17, 15) is 9.18 Å². The van der Waals surface area contributed by atoms with Gasteiger partial charge in [0.05, 0.1) is 18.2 Å². The fraction of sp³-hybridized carbons (Fsp3) is 0.500. The topological polar surface area (TPSA) is 70.0 Å². The number of nitrogens with zero attached hydrogens (tertiary/aromatic N) is 1. The third-order valence-electron chi connectivity index (χ3n) is 3.78. The van der Waals surface area contributed by atoms with Gasteiger partial charge in [0.2, 0.25) is 0 Å². The number of amides is 1. The molecule has 0 aliphatic carbocycles. The van der Waals surface area contributed by atoms with Gasteiger partial charge in [-0.15, -0.1) is 0 Å². The Bertz CT molecular complexity index is 510. The van der Waals surface area contributed by atoms with Gasteiger partial charge in [0.1, 0.15) is 5.82 Å². The number of benzene rings is 1. The molecule has 1 aromatic rings. The van der Waals surface area contributed by atoms with Crippen molar-refractivity contribution in [3.05, 3.63) is 29.6 Å². The lowest BCUT2D eigenvalue weighted by Gasteiger charge is -2.35.